The van der Waals surface area contributed by atoms with Gasteiger partial charge in [-0.05, 0) is 37.1 Å². The van der Waals surface area contributed by atoms with Gasteiger partial charge in [0, 0.05) is 30.7 Å². The van der Waals surface area contributed by atoms with E-state index >= 15 is 0 Å². The molecule has 1 atom stereocenters. The number of carbonyl (C=O) groups excluding carboxylic acids is 1. The van der Waals surface area contributed by atoms with Crippen molar-refractivity contribution in [3.05, 3.63) is 99.9 Å². The van der Waals surface area contributed by atoms with Crippen molar-refractivity contribution in [1.29, 1.82) is 0 Å². The van der Waals surface area contributed by atoms with Gasteiger partial charge in [0.15, 0.2) is 0 Å². The van der Waals surface area contributed by atoms with Crippen LogP contribution in [0.2, 0.25) is 0 Å². The van der Waals surface area contributed by atoms with E-state index in [-0.39, 0.29) is 12.3 Å². The molecule has 0 spiro atoms. The molecule has 0 radical (unpaired) electrons. The normalized spacial score (nSPS) is 11.8. The van der Waals surface area contributed by atoms with Gasteiger partial charge in [0.25, 0.3) is 5.69 Å². The lowest BCUT2D eigenvalue weighted by atomic mass is 10.1. The maximum absolute atomic E-state index is 12.5. The fourth-order valence-corrected chi connectivity index (χ4v) is 4.07. The summed E-state index contributed by atoms with van der Waals surface area (Å²) in [5.74, 6) is 1.02. The van der Waals surface area contributed by atoms with E-state index in [4.69, 9.17) is 14.5 Å². The van der Waals surface area contributed by atoms with Crippen LogP contribution in [0.25, 0.3) is 11.0 Å². The molecule has 0 saturated carbocycles. The van der Waals surface area contributed by atoms with Crippen LogP contribution in [0.5, 0.6) is 5.75 Å². The number of ether oxygens (including phenoxy) is 2. The number of nitro benzene ring substituents is 1. The number of hydrogen-bond donors (Lipinski definition) is 0. The predicted octanol–water partition coefficient (Wildman–Crippen LogP) is 6.02. The summed E-state index contributed by atoms with van der Waals surface area (Å²) < 4.78 is 13.4. The summed E-state index contributed by atoms with van der Waals surface area (Å²) in [4.78, 5) is 28.0. The minimum atomic E-state index is -0.856. The molecule has 4 rings (SSSR count). The summed E-state index contributed by atoms with van der Waals surface area (Å²) in [7, 11) is 0. The number of nitrogens with zero attached hydrogens (tertiary/aromatic N) is 3. The number of benzene rings is 3. The van der Waals surface area contributed by atoms with Crippen LogP contribution in [0.4, 0.5) is 5.69 Å². The molecule has 0 bridgehead atoms. The van der Waals surface area contributed by atoms with Crippen LogP contribution in [-0.2, 0) is 22.5 Å². The minimum Gasteiger partial charge on any atom is -0.474 e. The molecule has 4 aromatic rings. The Morgan fingerprint density at radius 2 is 1.81 bits per heavy atom. The molecule has 0 aliphatic carbocycles. The fourth-order valence-electron chi connectivity index (χ4n) is 4.07. The molecule has 0 amide bonds. The number of non-ortho nitro benzene ring substituents is 1. The van der Waals surface area contributed by atoms with Crippen LogP contribution < -0.4 is 4.74 Å². The maximum atomic E-state index is 12.5. The molecular weight excluding hydrogens is 458 g/mol. The number of carbonyl (C=O) groups is 1. The highest BCUT2D eigenvalue weighted by Gasteiger charge is 2.24. The first-order chi connectivity index (χ1) is 17.5. The molecule has 0 N–H and O–H groups in total. The number of fused-ring (bicyclic) bond motifs is 1. The van der Waals surface area contributed by atoms with E-state index in [1.165, 1.54) is 12.1 Å². The Labute approximate surface area is 209 Å². The molecule has 0 aliphatic heterocycles. The molecule has 186 valence electrons. The topological polar surface area (TPSA) is 96.5 Å². The number of rotatable bonds is 11. The van der Waals surface area contributed by atoms with Crippen LogP contribution in [0.3, 0.4) is 0 Å². The zero-order chi connectivity index (χ0) is 25.5. The first-order valence-corrected chi connectivity index (χ1v) is 12.1. The van der Waals surface area contributed by atoms with E-state index in [1.54, 1.807) is 13.0 Å². The summed E-state index contributed by atoms with van der Waals surface area (Å²) in [6, 6.07) is 21.6. The number of aromatic nitrogens is 2. The van der Waals surface area contributed by atoms with Crippen LogP contribution in [0.15, 0.2) is 72.8 Å². The average molecular weight is 488 g/mol. The highest BCUT2D eigenvalue weighted by molar-refractivity contribution is 5.79. The summed E-state index contributed by atoms with van der Waals surface area (Å²) >= 11 is 0. The monoisotopic (exact) mass is 487 g/mol. The summed E-state index contributed by atoms with van der Waals surface area (Å²) in [5.41, 5.74) is 3.25. The van der Waals surface area contributed by atoms with Gasteiger partial charge in [-0.2, -0.15) is 0 Å². The summed E-state index contributed by atoms with van der Waals surface area (Å²) in [6.07, 6.45) is 1.94. The Bertz CT molecular complexity index is 1330. The van der Waals surface area contributed by atoms with E-state index in [0.29, 0.717) is 17.8 Å². The smallest absolute Gasteiger partial charge is 0.352 e. The van der Waals surface area contributed by atoms with Crippen molar-refractivity contribution in [3.8, 4) is 5.75 Å². The van der Waals surface area contributed by atoms with Crippen molar-refractivity contribution in [1.82, 2.24) is 9.55 Å². The highest BCUT2D eigenvalue weighted by Crippen LogP contribution is 2.26. The van der Waals surface area contributed by atoms with Crippen molar-refractivity contribution in [2.75, 3.05) is 6.61 Å². The van der Waals surface area contributed by atoms with Gasteiger partial charge in [-0.1, -0.05) is 55.8 Å². The SMILES string of the molecule is CCCCc1nc2cc([N+](=O)[O-])ccc2n1Cc1ccc(OC(C(=O)OCC)c2ccccc2)cc1. The van der Waals surface area contributed by atoms with E-state index in [1.807, 2.05) is 54.6 Å². The van der Waals surface area contributed by atoms with Gasteiger partial charge >= 0.3 is 5.97 Å². The zero-order valence-corrected chi connectivity index (χ0v) is 20.4. The lowest BCUT2D eigenvalue weighted by Crippen LogP contribution is -2.21. The van der Waals surface area contributed by atoms with Gasteiger partial charge in [0.2, 0.25) is 6.10 Å². The van der Waals surface area contributed by atoms with Crippen molar-refractivity contribution in [2.24, 2.45) is 0 Å². The third-order valence-corrected chi connectivity index (χ3v) is 5.90. The van der Waals surface area contributed by atoms with E-state index in [9.17, 15) is 14.9 Å². The van der Waals surface area contributed by atoms with Crippen LogP contribution >= 0.6 is 0 Å². The van der Waals surface area contributed by atoms with Crippen molar-refractivity contribution in [2.45, 2.75) is 45.8 Å². The second-order valence-electron chi connectivity index (χ2n) is 8.45. The molecule has 1 aromatic heterocycles. The number of unbranched alkanes of at least 4 members (excludes halogenated alkanes) is 1. The van der Waals surface area contributed by atoms with Crippen molar-refractivity contribution >= 4 is 22.7 Å². The first kappa shape index (κ1) is 24.9. The average Bonchev–Trinajstić information content (AvgIpc) is 3.23. The van der Waals surface area contributed by atoms with Gasteiger partial charge in [0.1, 0.15) is 11.6 Å². The Hall–Kier alpha value is -4.20. The van der Waals surface area contributed by atoms with Gasteiger partial charge in [-0.15, -0.1) is 0 Å². The molecule has 8 nitrogen and oxygen atoms in total. The standard InChI is InChI=1S/C28H29N3O5/c1-3-5-11-26-29-24-18-22(31(33)34)14-17-25(24)30(26)19-20-12-15-23(16-13-20)36-27(28(32)35-4-2)21-9-7-6-8-10-21/h6-10,12-18,27H,3-5,11,19H2,1-2H3. The van der Waals surface area contributed by atoms with Gasteiger partial charge in [-0.3, -0.25) is 10.1 Å². The van der Waals surface area contributed by atoms with Crippen LogP contribution in [0.1, 0.15) is 49.7 Å². The second kappa shape index (κ2) is 11.5. The van der Waals surface area contributed by atoms with Gasteiger partial charge in [-0.25, -0.2) is 9.78 Å². The van der Waals surface area contributed by atoms with Crippen LogP contribution in [-0.4, -0.2) is 27.1 Å². The molecule has 0 saturated heterocycles. The number of hydrogen-bond acceptors (Lipinski definition) is 6. The van der Waals surface area contributed by atoms with Gasteiger partial charge in [0.05, 0.1) is 22.6 Å². The molecule has 3 aromatic carbocycles. The zero-order valence-electron chi connectivity index (χ0n) is 20.4. The third-order valence-electron chi connectivity index (χ3n) is 5.90. The molecule has 1 unspecified atom stereocenters. The number of esters is 1. The third kappa shape index (κ3) is 5.71. The lowest BCUT2D eigenvalue weighted by molar-refractivity contribution is -0.384. The summed E-state index contributed by atoms with van der Waals surface area (Å²) in [6.45, 7) is 4.72. The summed E-state index contributed by atoms with van der Waals surface area (Å²) in [5, 5.41) is 11.2. The Morgan fingerprint density at radius 1 is 1.06 bits per heavy atom. The maximum Gasteiger partial charge on any atom is 0.352 e. The van der Waals surface area contributed by atoms with E-state index in [2.05, 4.69) is 11.5 Å². The Morgan fingerprint density at radius 3 is 2.47 bits per heavy atom. The number of imidazole rings is 1. The highest BCUT2D eigenvalue weighted by atomic mass is 16.6. The number of aryl methyl sites for hydroxylation is 1. The molecular formula is C28H29N3O5. The van der Waals surface area contributed by atoms with E-state index in [0.717, 1.165) is 41.7 Å². The number of nitro groups is 1. The molecule has 1 heterocycles. The molecule has 36 heavy (non-hydrogen) atoms. The lowest BCUT2D eigenvalue weighted by Gasteiger charge is -2.18. The largest absolute Gasteiger partial charge is 0.474 e. The molecule has 8 heteroatoms. The fraction of sp³-hybridized carbons (Fsp3) is 0.286. The van der Waals surface area contributed by atoms with Crippen molar-refractivity contribution < 1.29 is 19.2 Å². The molecule has 0 aliphatic rings. The predicted molar refractivity (Wildman–Crippen MR) is 137 cm³/mol. The molecule has 0 fully saturated rings. The Kier molecular flexibility index (Phi) is 7.95. The quantitative estimate of drug-likeness (QED) is 0.146. The first-order valence-electron chi connectivity index (χ1n) is 12.1. The van der Waals surface area contributed by atoms with Crippen molar-refractivity contribution in [3.63, 3.8) is 0 Å². The Balaban J connectivity index is 1.58. The minimum absolute atomic E-state index is 0.0327. The van der Waals surface area contributed by atoms with Gasteiger partial charge < -0.3 is 14.0 Å². The van der Waals surface area contributed by atoms with E-state index < -0.39 is 17.0 Å². The second-order valence-corrected chi connectivity index (χ2v) is 8.45. The van der Waals surface area contributed by atoms with Crippen LogP contribution in [0, 0.1) is 10.1 Å².